The normalized spacial score (nSPS) is 10.8. The molecular weight excluding hydrogens is 282 g/mol. The Balaban J connectivity index is 1.77. The lowest BCUT2D eigenvalue weighted by Crippen LogP contribution is -2.15. The summed E-state index contributed by atoms with van der Waals surface area (Å²) in [4.78, 5) is 26.6. The number of ether oxygens (including phenoxy) is 1. The van der Waals surface area contributed by atoms with Crippen LogP contribution >= 0.6 is 0 Å². The zero-order valence-electron chi connectivity index (χ0n) is 12.1. The summed E-state index contributed by atoms with van der Waals surface area (Å²) in [5.74, 6) is 0.289. The Hall–Kier alpha value is -2.82. The molecule has 2 heterocycles. The Bertz CT molecular complexity index is 875. The molecular formula is C17H15NO4. The van der Waals surface area contributed by atoms with Crippen molar-refractivity contribution in [1.29, 1.82) is 0 Å². The van der Waals surface area contributed by atoms with Gasteiger partial charge >= 0.3 is 5.97 Å². The highest BCUT2D eigenvalue weighted by Gasteiger charge is 2.13. The van der Waals surface area contributed by atoms with E-state index in [0.717, 1.165) is 16.7 Å². The first kappa shape index (κ1) is 14.1. The summed E-state index contributed by atoms with van der Waals surface area (Å²) in [6, 6.07) is 12.5. The standard InChI is InChI=1S/C17H15NO4/c1-2-13-7-8-15(22-13)17(20)21-10-12-9-11-5-3-4-6-14(11)18-16(12)19/h3-9H,2,10H2,1H3,(H,18,19). The molecule has 5 nitrogen and oxygen atoms in total. The highest BCUT2D eigenvalue weighted by atomic mass is 16.5. The molecule has 3 rings (SSSR count). The van der Waals surface area contributed by atoms with E-state index in [2.05, 4.69) is 4.98 Å². The zero-order chi connectivity index (χ0) is 15.5. The third-order valence-electron chi connectivity index (χ3n) is 3.40. The van der Waals surface area contributed by atoms with E-state index in [1.54, 1.807) is 18.2 Å². The van der Waals surface area contributed by atoms with Gasteiger partial charge in [0.1, 0.15) is 12.4 Å². The number of rotatable bonds is 4. The number of fused-ring (bicyclic) bond motifs is 1. The Morgan fingerprint density at radius 3 is 2.82 bits per heavy atom. The minimum atomic E-state index is -0.577. The molecule has 112 valence electrons. The number of furan rings is 1. The van der Waals surface area contributed by atoms with Crippen LogP contribution in [-0.2, 0) is 17.8 Å². The Morgan fingerprint density at radius 2 is 2.05 bits per heavy atom. The van der Waals surface area contributed by atoms with E-state index in [-0.39, 0.29) is 17.9 Å². The fraction of sp³-hybridized carbons (Fsp3) is 0.176. The van der Waals surface area contributed by atoms with Crippen LogP contribution in [0.1, 0.15) is 28.8 Å². The number of carbonyl (C=O) groups is 1. The van der Waals surface area contributed by atoms with Crippen molar-refractivity contribution in [3.63, 3.8) is 0 Å². The van der Waals surface area contributed by atoms with Gasteiger partial charge in [0.15, 0.2) is 0 Å². The molecule has 0 atom stereocenters. The molecule has 0 aliphatic carbocycles. The third kappa shape index (κ3) is 2.79. The second kappa shape index (κ2) is 5.89. The van der Waals surface area contributed by atoms with Crippen LogP contribution in [0.25, 0.3) is 10.9 Å². The average Bonchev–Trinajstić information content (AvgIpc) is 3.01. The highest BCUT2D eigenvalue weighted by Crippen LogP contribution is 2.13. The predicted molar refractivity (Wildman–Crippen MR) is 81.8 cm³/mol. The van der Waals surface area contributed by atoms with Crippen molar-refractivity contribution in [2.24, 2.45) is 0 Å². The SMILES string of the molecule is CCc1ccc(C(=O)OCc2cc3ccccc3[nH]c2=O)o1. The molecule has 3 aromatic rings. The highest BCUT2D eigenvalue weighted by molar-refractivity contribution is 5.86. The van der Waals surface area contributed by atoms with E-state index in [4.69, 9.17) is 9.15 Å². The van der Waals surface area contributed by atoms with Crippen molar-refractivity contribution >= 4 is 16.9 Å². The number of aromatic amines is 1. The van der Waals surface area contributed by atoms with Crippen molar-refractivity contribution < 1.29 is 13.9 Å². The minimum absolute atomic E-state index is 0.0961. The van der Waals surface area contributed by atoms with Gasteiger partial charge in [-0.05, 0) is 29.7 Å². The summed E-state index contributed by atoms with van der Waals surface area (Å²) in [5, 5.41) is 0.888. The van der Waals surface area contributed by atoms with Crippen LogP contribution in [0.4, 0.5) is 0 Å². The van der Waals surface area contributed by atoms with Crippen molar-refractivity contribution in [1.82, 2.24) is 4.98 Å². The lowest BCUT2D eigenvalue weighted by Gasteiger charge is -2.04. The monoisotopic (exact) mass is 297 g/mol. The number of para-hydroxylation sites is 1. The van der Waals surface area contributed by atoms with Gasteiger partial charge in [-0.2, -0.15) is 0 Å². The molecule has 22 heavy (non-hydrogen) atoms. The third-order valence-corrected chi connectivity index (χ3v) is 3.40. The van der Waals surface area contributed by atoms with E-state index in [0.29, 0.717) is 12.0 Å². The quantitative estimate of drug-likeness (QED) is 0.751. The second-order valence-corrected chi connectivity index (χ2v) is 4.91. The lowest BCUT2D eigenvalue weighted by atomic mass is 10.1. The molecule has 0 spiro atoms. The van der Waals surface area contributed by atoms with Crippen LogP contribution in [0.2, 0.25) is 0 Å². The Morgan fingerprint density at radius 1 is 1.23 bits per heavy atom. The smallest absolute Gasteiger partial charge is 0.374 e. The van der Waals surface area contributed by atoms with E-state index < -0.39 is 5.97 Å². The largest absolute Gasteiger partial charge is 0.455 e. The molecule has 5 heteroatoms. The van der Waals surface area contributed by atoms with Gasteiger partial charge in [-0.25, -0.2) is 4.79 Å². The number of pyridine rings is 1. The first-order chi connectivity index (χ1) is 10.7. The number of H-pyrrole nitrogens is 1. The van der Waals surface area contributed by atoms with Crippen LogP contribution in [-0.4, -0.2) is 11.0 Å². The zero-order valence-corrected chi connectivity index (χ0v) is 12.1. The molecule has 1 N–H and O–H groups in total. The maximum absolute atomic E-state index is 12.0. The van der Waals surface area contributed by atoms with Crippen molar-refractivity contribution in [3.05, 3.63) is 69.9 Å². The fourth-order valence-corrected chi connectivity index (χ4v) is 2.19. The number of hydrogen-bond donors (Lipinski definition) is 1. The molecule has 0 saturated carbocycles. The minimum Gasteiger partial charge on any atom is -0.455 e. The summed E-state index contributed by atoms with van der Waals surface area (Å²) in [6.07, 6.45) is 0.706. The van der Waals surface area contributed by atoms with Gasteiger partial charge in [-0.15, -0.1) is 0 Å². The molecule has 0 unspecified atom stereocenters. The van der Waals surface area contributed by atoms with Gasteiger partial charge in [0.2, 0.25) is 5.76 Å². The predicted octanol–water partition coefficient (Wildman–Crippen LogP) is 3.04. The molecule has 1 aromatic carbocycles. The van der Waals surface area contributed by atoms with E-state index >= 15 is 0 Å². The molecule has 0 radical (unpaired) electrons. The van der Waals surface area contributed by atoms with Gasteiger partial charge < -0.3 is 14.1 Å². The lowest BCUT2D eigenvalue weighted by molar-refractivity contribution is 0.0433. The van der Waals surface area contributed by atoms with Crippen molar-refractivity contribution in [2.75, 3.05) is 0 Å². The topological polar surface area (TPSA) is 72.3 Å². The van der Waals surface area contributed by atoms with Gasteiger partial charge in [-0.3, -0.25) is 4.79 Å². The Labute approximate surface area is 126 Å². The molecule has 0 saturated heterocycles. The first-order valence-corrected chi connectivity index (χ1v) is 7.04. The molecule has 0 fully saturated rings. The Kier molecular flexibility index (Phi) is 3.78. The van der Waals surface area contributed by atoms with Gasteiger partial charge in [-0.1, -0.05) is 25.1 Å². The number of benzene rings is 1. The molecule has 2 aromatic heterocycles. The first-order valence-electron chi connectivity index (χ1n) is 7.04. The molecule has 0 aliphatic heterocycles. The summed E-state index contributed by atoms with van der Waals surface area (Å²) in [6.45, 7) is 1.84. The summed E-state index contributed by atoms with van der Waals surface area (Å²) in [5.41, 5.74) is 0.885. The van der Waals surface area contributed by atoms with E-state index in [1.165, 1.54) is 0 Å². The van der Waals surface area contributed by atoms with Crippen molar-refractivity contribution in [3.8, 4) is 0 Å². The summed E-state index contributed by atoms with van der Waals surface area (Å²) >= 11 is 0. The summed E-state index contributed by atoms with van der Waals surface area (Å²) < 4.78 is 10.5. The van der Waals surface area contributed by atoms with Crippen molar-refractivity contribution in [2.45, 2.75) is 20.0 Å². The van der Waals surface area contributed by atoms with Gasteiger partial charge in [0.25, 0.3) is 5.56 Å². The number of carbonyl (C=O) groups excluding carboxylic acids is 1. The van der Waals surface area contributed by atoms with Crippen LogP contribution in [0.15, 0.2) is 51.7 Å². The number of hydrogen-bond acceptors (Lipinski definition) is 4. The fourth-order valence-electron chi connectivity index (χ4n) is 2.19. The van der Waals surface area contributed by atoms with Gasteiger partial charge in [0.05, 0.1) is 5.56 Å². The number of aryl methyl sites for hydroxylation is 1. The van der Waals surface area contributed by atoms with Crippen LogP contribution < -0.4 is 5.56 Å². The second-order valence-electron chi connectivity index (χ2n) is 4.91. The molecule has 0 amide bonds. The van der Waals surface area contributed by atoms with E-state index in [9.17, 15) is 9.59 Å². The van der Waals surface area contributed by atoms with Crippen LogP contribution in [0.5, 0.6) is 0 Å². The number of esters is 1. The van der Waals surface area contributed by atoms with E-state index in [1.807, 2.05) is 31.2 Å². The van der Waals surface area contributed by atoms with Gasteiger partial charge in [0, 0.05) is 11.9 Å². The molecule has 0 bridgehead atoms. The maximum Gasteiger partial charge on any atom is 0.374 e. The van der Waals surface area contributed by atoms with Crippen LogP contribution in [0.3, 0.4) is 0 Å². The maximum atomic E-state index is 12.0. The van der Waals surface area contributed by atoms with Crippen LogP contribution in [0, 0.1) is 0 Å². The number of nitrogens with one attached hydrogen (secondary N) is 1. The average molecular weight is 297 g/mol. The summed E-state index contributed by atoms with van der Waals surface area (Å²) in [7, 11) is 0. The number of aromatic nitrogens is 1. The molecule has 0 aliphatic rings.